The molecular formula is C21H24N2O. The Morgan fingerprint density at radius 3 is 2.17 bits per heavy atom. The number of rotatable bonds is 4. The molecule has 3 aliphatic heterocycles. The number of amides is 1. The Morgan fingerprint density at radius 1 is 0.958 bits per heavy atom. The topological polar surface area (TPSA) is 23.6 Å². The van der Waals surface area contributed by atoms with E-state index in [4.69, 9.17) is 0 Å². The highest BCUT2D eigenvalue weighted by Crippen LogP contribution is 2.32. The molecule has 1 atom stereocenters. The van der Waals surface area contributed by atoms with Gasteiger partial charge in [-0.05, 0) is 49.5 Å². The predicted molar refractivity (Wildman–Crippen MR) is 95.7 cm³/mol. The number of carbonyl (C=O) groups excluding carboxylic acids is 1. The summed E-state index contributed by atoms with van der Waals surface area (Å²) >= 11 is 0. The first-order valence-corrected chi connectivity index (χ1v) is 8.93. The second-order valence-corrected chi connectivity index (χ2v) is 6.99. The maximum Gasteiger partial charge on any atom is 0.254 e. The van der Waals surface area contributed by atoms with Crippen LogP contribution in [0.2, 0.25) is 0 Å². The fraction of sp³-hybridized carbons (Fsp3) is 0.381. The van der Waals surface area contributed by atoms with Crippen LogP contribution in [0.3, 0.4) is 0 Å². The van der Waals surface area contributed by atoms with Gasteiger partial charge in [0, 0.05) is 24.7 Å². The molecule has 124 valence electrons. The van der Waals surface area contributed by atoms with Gasteiger partial charge in [-0.3, -0.25) is 4.79 Å². The van der Waals surface area contributed by atoms with Crippen LogP contribution in [0.5, 0.6) is 0 Å². The van der Waals surface area contributed by atoms with Gasteiger partial charge in [0.05, 0.1) is 0 Å². The Kier molecular flexibility index (Phi) is 4.35. The lowest BCUT2D eigenvalue weighted by molar-refractivity contribution is 0.00462. The fourth-order valence-electron chi connectivity index (χ4n) is 4.15. The summed E-state index contributed by atoms with van der Waals surface area (Å²) in [6.45, 7) is 4.11. The lowest BCUT2D eigenvalue weighted by Crippen LogP contribution is -2.58. The zero-order valence-electron chi connectivity index (χ0n) is 14.0. The molecule has 3 heteroatoms. The number of benzene rings is 2. The normalized spacial score (nSPS) is 25.4. The average molecular weight is 320 g/mol. The van der Waals surface area contributed by atoms with Gasteiger partial charge in [-0.2, -0.15) is 0 Å². The summed E-state index contributed by atoms with van der Waals surface area (Å²) in [5.41, 5.74) is 2.00. The highest BCUT2D eigenvalue weighted by molar-refractivity contribution is 5.94. The molecule has 3 nitrogen and oxygen atoms in total. The Balaban J connectivity index is 1.63. The molecule has 0 saturated carbocycles. The van der Waals surface area contributed by atoms with Crippen molar-refractivity contribution in [3.8, 4) is 0 Å². The van der Waals surface area contributed by atoms with Gasteiger partial charge in [0.15, 0.2) is 0 Å². The number of hydrogen-bond donors (Lipinski definition) is 0. The summed E-state index contributed by atoms with van der Waals surface area (Å²) in [6.07, 6.45) is 2.44. The molecule has 5 rings (SSSR count). The number of piperidine rings is 3. The van der Waals surface area contributed by atoms with Crippen molar-refractivity contribution in [2.75, 3.05) is 19.6 Å². The van der Waals surface area contributed by atoms with Gasteiger partial charge >= 0.3 is 0 Å². The first-order chi connectivity index (χ1) is 11.8. The molecule has 24 heavy (non-hydrogen) atoms. The van der Waals surface area contributed by atoms with Gasteiger partial charge in [0.25, 0.3) is 5.91 Å². The van der Waals surface area contributed by atoms with Crippen LogP contribution >= 0.6 is 0 Å². The summed E-state index contributed by atoms with van der Waals surface area (Å²) in [6, 6.07) is 20.4. The molecule has 2 bridgehead atoms. The molecular weight excluding hydrogens is 296 g/mol. The van der Waals surface area contributed by atoms with Crippen LogP contribution in [0, 0.1) is 5.92 Å². The third-order valence-corrected chi connectivity index (χ3v) is 5.50. The largest absolute Gasteiger partial charge is 0.330 e. The Hall–Kier alpha value is -2.13. The van der Waals surface area contributed by atoms with E-state index in [2.05, 4.69) is 34.1 Å². The fourth-order valence-corrected chi connectivity index (χ4v) is 4.15. The molecule has 0 radical (unpaired) electrons. The number of nitrogens with zero attached hydrogens (tertiary/aromatic N) is 2. The van der Waals surface area contributed by atoms with E-state index in [1.807, 2.05) is 36.4 Å². The van der Waals surface area contributed by atoms with Gasteiger partial charge in [-0.1, -0.05) is 48.5 Å². The van der Waals surface area contributed by atoms with Crippen molar-refractivity contribution >= 4 is 5.91 Å². The zero-order valence-corrected chi connectivity index (χ0v) is 14.0. The lowest BCUT2D eigenvalue weighted by Gasteiger charge is -2.49. The molecule has 0 aromatic heterocycles. The van der Waals surface area contributed by atoms with Crippen molar-refractivity contribution in [3.63, 3.8) is 0 Å². The van der Waals surface area contributed by atoms with Gasteiger partial charge in [0.1, 0.15) is 0 Å². The molecule has 0 aliphatic carbocycles. The summed E-state index contributed by atoms with van der Waals surface area (Å²) in [5.74, 6) is 0.810. The van der Waals surface area contributed by atoms with E-state index in [0.29, 0.717) is 18.5 Å². The van der Waals surface area contributed by atoms with E-state index in [9.17, 15) is 4.79 Å². The Morgan fingerprint density at radius 2 is 1.58 bits per heavy atom. The maximum atomic E-state index is 13.2. The molecule has 0 N–H and O–H groups in total. The van der Waals surface area contributed by atoms with Crippen LogP contribution in [0.1, 0.15) is 28.8 Å². The summed E-state index contributed by atoms with van der Waals surface area (Å²) in [4.78, 5) is 17.9. The van der Waals surface area contributed by atoms with Gasteiger partial charge in [0.2, 0.25) is 0 Å². The van der Waals surface area contributed by atoms with E-state index >= 15 is 0 Å². The Bertz CT molecular complexity index is 677. The minimum atomic E-state index is 0.165. The van der Waals surface area contributed by atoms with E-state index in [-0.39, 0.29) is 5.91 Å². The molecule has 1 amide bonds. The SMILES string of the molecule is O=C(c1ccccc1)N(Cc1ccccc1)C1CN2CCC1CC2. The highest BCUT2D eigenvalue weighted by Gasteiger charge is 2.39. The van der Waals surface area contributed by atoms with Crippen LogP contribution < -0.4 is 0 Å². The van der Waals surface area contributed by atoms with Crippen molar-refractivity contribution in [2.45, 2.75) is 25.4 Å². The van der Waals surface area contributed by atoms with Crippen molar-refractivity contribution in [1.82, 2.24) is 9.80 Å². The van der Waals surface area contributed by atoms with Crippen molar-refractivity contribution in [2.24, 2.45) is 5.92 Å². The predicted octanol–water partition coefficient (Wildman–Crippen LogP) is 3.42. The number of carbonyl (C=O) groups is 1. The maximum absolute atomic E-state index is 13.2. The van der Waals surface area contributed by atoms with Crippen molar-refractivity contribution < 1.29 is 4.79 Å². The molecule has 2 aromatic carbocycles. The zero-order chi connectivity index (χ0) is 16.4. The van der Waals surface area contributed by atoms with E-state index in [0.717, 1.165) is 12.1 Å². The highest BCUT2D eigenvalue weighted by atomic mass is 16.2. The molecule has 1 unspecified atom stereocenters. The standard InChI is InChI=1S/C21H24N2O/c24-21(19-9-5-2-6-10-19)23(15-17-7-3-1-4-8-17)20-16-22-13-11-18(20)12-14-22/h1-10,18,20H,11-16H2. The third-order valence-electron chi connectivity index (χ3n) is 5.50. The lowest BCUT2D eigenvalue weighted by atomic mass is 9.82. The van der Waals surface area contributed by atoms with Crippen LogP contribution in [0.25, 0.3) is 0 Å². The van der Waals surface area contributed by atoms with E-state index in [1.54, 1.807) is 0 Å². The first-order valence-electron chi connectivity index (χ1n) is 8.93. The van der Waals surface area contributed by atoms with Crippen LogP contribution in [-0.2, 0) is 6.54 Å². The second-order valence-electron chi connectivity index (χ2n) is 6.99. The molecule has 0 spiro atoms. The van der Waals surface area contributed by atoms with Crippen molar-refractivity contribution in [3.05, 3.63) is 71.8 Å². The molecule has 3 aliphatic rings. The summed E-state index contributed by atoms with van der Waals surface area (Å²) in [7, 11) is 0. The van der Waals surface area contributed by atoms with Crippen LogP contribution in [-0.4, -0.2) is 41.4 Å². The van der Waals surface area contributed by atoms with E-state index in [1.165, 1.54) is 31.5 Å². The first kappa shape index (κ1) is 15.4. The summed E-state index contributed by atoms with van der Waals surface area (Å²) in [5, 5.41) is 0. The average Bonchev–Trinajstić information content (AvgIpc) is 2.68. The van der Waals surface area contributed by atoms with Gasteiger partial charge < -0.3 is 9.80 Å². The minimum Gasteiger partial charge on any atom is -0.330 e. The van der Waals surface area contributed by atoms with Crippen LogP contribution in [0.15, 0.2) is 60.7 Å². The second kappa shape index (κ2) is 6.78. The smallest absolute Gasteiger partial charge is 0.254 e. The quantitative estimate of drug-likeness (QED) is 0.862. The molecule has 3 fully saturated rings. The molecule has 3 saturated heterocycles. The Labute approximate surface area is 143 Å². The summed E-state index contributed by atoms with van der Waals surface area (Å²) < 4.78 is 0. The van der Waals surface area contributed by atoms with E-state index < -0.39 is 0 Å². The minimum absolute atomic E-state index is 0.165. The number of fused-ring (bicyclic) bond motifs is 3. The van der Waals surface area contributed by atoms with Crippen molar-refractivity contribution in [1.29, 1.82) is 0 Å². The van der Waals surface area contributed by atoms with Gasteiger partial charge in [-0.15, -0.1) is 0 Å². The van der Waals surface area contributed by atoms with Crippen LogP contribution in [0.4, 0.5) is 0 Å². The van der Waals surface area contributed by atoms with Gasteiger partial charge in [-0.25, -0.2) is 0 Å². The molecule has 2 aromatic rings. The monoisotopic (exact) mass is 320 g/mol. The third kappa shape index (κ3) is 3.09. The molecule has 3 heterocycles. The number of hydrogen-bond acceptors (Lipinski definition) is 2.